The minimum atomic E-state index is -0.777. The Balaban J connectivity index is 2.04. The number of likely N-dealkylation sites (N-methyl/N-ethyl adjacent to an activating group) is 1. The summed E-state index contributed by atoms with van der Waals surface area (Å²) in [6.07, 6.45) is -0.777. The minimum Gasteiger partial charge on any atom is -0.480 e. The molecule has 0 radical (unpaired) electrons. The number of halogens is 1. The van der Waals surface area contributed by atoms with Gasteiger partial charge in [-0.25, -0.2) is 4.39 Å². The zero-order chi connectivity index (χ0) is 16.8. The maximum Gasteiger partial charge on any atom is 0.263 e. The van der Waals surface area contributed by atoms with Crippen molar-refractivity contribution in [2.24, 2.45) is 0 Å². The average Bonchev–Trinajstić information content (AvgIpc) is 2.56. The van der Waals surface area contributed by atoms with Crippen molar-refractivity contribution < 1.29 is 13.9 Å². The zero-order valence-corrected chi connectivity index (χ0v) is 13.0. The van der Waals surface area contributed by atoms with Crippen LogP contribution in [-0.4, -0.2) is 24.0 Å². The first-order chi connectivity index (χ1) is 11.0. The van der Waals surface area contributed by atoms with E-state index in [0.717, 1.165) is 0 Å². The van der Waals surface area contributed by atoms with Crippen LogP contribution in [0.2, 0.25) is 0 Å². The molecule has 0 N–H and O–H groups in total. The van der Waals surface area contributed by atoms with Gasteiger partial charge in [-0.15, -0.1) is 0 Å². The van der Waals surface area contributed by atoms with Crippen molar-refractivity contribution in [3.8, 4) is 11.8 Å². The first kappa shape index (κ1) is 16.5. The Morgan fingerprint density at radius 2 is 1.91 bits per heavy atom. The minimum absolute atomic E-state index is 0.152. The van der Waals surface area contributed by atoms with Gasteiger partial charge in [0.25, 0.3) is 5.91 Å². The van der Waals surface area contributed by atoms with E-state index in [1.165, 1.54) is 11.0 Å². The Morgan fingerprint density at radius 3 is 2.61 bits per heavy atom. The number of para-hydroxylation sites is 1. The van der Waals surface area contributed by atoms with Crippen molar-refractivity contribution in [3.63, 3.8) is 0 Å². The van der Waals surface area contributed by atoms with E-state index in [1.807, 2.05) is 6.07 Å². The molecule has 23 heavy (non-hydrogen) atoms. The highest BCUT2D eigenvalue weighted by atomic mass is 19.1. The number of nitrogens with zero attached hydrogens (tertiary/aromatic N) is 2. The highest BCUT2D eigenvalue weighted by Gasteiger charge is 2.21. The number of nitriles is 1. The van der Waals surface area contributed by atoms with Gasteiger partial charge >= 0.3 is 0 Å². The van der Waals surface area contributed by atoms with Crippen LogP contribution < -0.4 is 4.74 Å². The molecule has 0 aromatic heterocycles. The maximum atomic E-state index is 13.7. The summed E-state index contributed by atoms with van der Waals surface area (Å²) in [6, 6.07) is 15.0. The van der Waals surface area contributed by atoms with Crippen LogP contribution in [-0.2, 0) is 11.3 Å². The molecule has 0 spiro atoms. The Hall–Kier alpha value is -2.87. The number of carbonyl (C=O) groups is 1. The topological polar surface area (TPSA) is 53.3 Å². The van der Waals surface area contributed by atoms with Crippen LogP contribution in [0, 0.1) is 17.1 Å². The molecule has 0 aliphatic carbocycles. The van der Waals surface area contributed by atoms with Crippen LogP contribution in [0.5, 0.6) is 5.75 Å². The molecule has 1 amide bonds. The predicted octanol–water partition coefficient (Wildman–Crippen LogP) is 3.12. The van der Waals surface area contributed by atoms with Crippen LogP contribution in [0.4, 0.5) is 4.39 Å². The summed E-state index contributed by atoms with van der Waals surface area (Å²) in [5.41, 5.74) is 0.803. The number of rotatable bonds is 5. The average molecular weight is 312 g/mol. The third-order valence-corrected chi connectivity index (χ3v) is 3.40. The van der Waals surface area contributed by atoms with E-state index in [1.54, 1.807) is 56.4 Å². The number of hydrogen-bond donors (Lipinski definition) is 0. The van der Waals surface area contributed by atoms with Crippen LogP contribution in [0.25, 0.3) is 0 Å². The van der Waals surface area contributed by atoms with E-state index in [0.29, 0.717) is 16.9 Å². The normalized spacial score (nSPS) is 11.4. The molecular weight excluding hydrogens is 295 g/mol. The van der Waals surface area contributed by atoms with Crippen molar-refractivity contribution >= 4 is 5.91 Å². The molecule has 0 saturated heterocycles. The van der Waals surface area contributed by atoms with Gasteiger partial charge in [0.05, 0.1) is 5.56 Å². The van der Waals surface area contributed by atoms with Crippen LogP contribution in [0.1, 0.15) is 18.1 Å². The second-order valence-electron chi connectivity index (χ2n) is 5.15. The number of carbonyl (C=O) groups excluding carboxylic acids is 1. The second kappa shape index (κ2) is 7.41. The molecule has 0 aliphatic heterocycles. The molecule has 2 rings (SSSR count). The van der Waals surface area contributed by atoms with Gasteiger partial charge in [-0.1, -0.05) is 30.3 Å². The quantitative estimate of drug-likeness (QED) is 0.852. The molecule has 4 nitrogen and oxygen atoms in total. The fraction of sp³-hybridized carbons (Fsp3) is 0.222. The van der Waals surface area contributed by atoms with Crippen LogP contribution >= 0.6 is 0 Å². The van der Waals surface area contributed by atoms with Crippen molar-refractivity contribution in [2.45, 2.75) is 19.6 Å². The van der Waals surface area contributed by atoms with E-state index in [-0.39, 0.29) is 18.3 Å². The highest BCUT2D eigenvalue weighted by molar-refractivity contribution is 5.80. The van der Waals surface area contributed by atoms with Gasteiger partial charge in [0.1, 0.15) is 17.6 Å². The first-order valence-electron chi connectivity index (χ1n) is 7.17. The zero-order valence-electron chi connectivity index (χ0n) is 13.0. The molecule has 1 atom stereocenters. The van der Waals surface area contributed by atoms with Crippen LogP contribution in [0.15, 0.2) is 48.5 Å². The van der Waals surface area contributed by atoms with Crippen molar-refractivity contribution in [1.82, 2.24) is 4.90 Å². The molecular formula is C18H17FN2O2. The van der Waals surface area contributed by atoms with E-state index in [4.69, 9.17) is 10.00 Å². The first-order valence-corrected chi connectivity index (χ1v) is 7.17. The lowest BCUT2D eigenvalue weighted by Gasteiger charge is -2.22. The molecule has 2 aromatic rings. The molecule has 5 heteroatoms. The standard InChI is InChI=1S/C18H17FN2O2/c1-13(23-17-10-6-4-7-14(17)11-20)18(22)21(2)12-15-8-3-5-9-16(15)19/h3-10,13H,12H2,1-2H3/t13-/m1/s1. The fourth-order valence-electron chi connectivity index (χ4n) is 2.17. The maximum absolute atomic E-state index is 13.7. The van der Waals surface area contributed by atoms with Gasteiger partial charge in [-0.05, 0) is 25.1 Å². The summed E-state index contributed by atoms with van der Waals surface area (Å²) in [5.74, 6) is -0.285. The lowest BCUT2D eigenvalue weighted by molar-refractivity contribution is -0.137. The molecule has 2 aromatic carbocycles. The number of ether oxygens (including phenoxy) is 1. The monoisotopic (exact) mass is 312 g/mol. The van der Waals surface area contributed by atoms with Crippen LogP contribution in [0.3, 0.4) is 0 Å². The lowest BCUT2D eigenvalue weighted by atomic mass is 10.2. The Kier molecular flexibility index (Phi) is 5.32. The van der Waals surface area contributed by atoms with Gasteiger partial charge < -0.3 is 9.64 Å². The Bertz CT molecular complexity index is 740. The Morgan fingerprint density at radius 1 is 1.26 bits per heavy atom. The van der Waals surface area contributed by atoms with Crippen molar-refractivity contribution in [3.05, 3.63) is 65.5 Å². The number of hydrogen-bond acceptors (Lipinski definition) is 3. The molecule has 0 bridgehead atoms. The van der Waals surface area contributed by atoms with E-state index in [9.17, 15) is 9.18 Å². The van der Waals surface area contributed by atoms with E-state index in [2.05, 4.69) is 0 Å². The lowest BCUT2D eigenvalue weighted by Crippen LogP contribution is -2.37. The summed E-state index contributed by atoms with van der Waals surface area (Å²) < 4.78 is 19.2. The summed E-state index contributed by atoms with van der Waals surface area (Å²) in [5, 5.41) is 9.04. The highest BCUT2D eigenvalue weighted by Crippen LogP contribution is 2.19. The Labute approximate surface area is 134 Å². The van der Waals surface area contributed by atoms with E-state index < -0.39 is 6.10 Å². The second-order valence-corrected chi connectivity index (χ2v) is 5.15. The molecule has 0 unspecified atom stereocenters. The largest absolute Gasteiger partial charge is 0.480 e. The molecule has 0 heterocycles. The summed E-state index contributed by atoms with van der Waals surface area (Å²) >= 11 is 0. The summed E-state index contributed by atoms with van der Waals surface area (Å²) in [7, 11) is 1.59. The SMILES string of the molecule is C[C@@H](Oc1ccccc1C#N)C(=O)N(C)Cc1ccccc1F. The van der Waals surface area contributed by atoms with Gasteiger partial charge in [-0.3, -0.25) is 4.79 Å². The molecule has 0 saturated carbocycles. The number of benzene rings is 2. The van der Waals surface area contributed by atoms with Gasteiger partial charge in [0.15, 0.2) is 6.10 Å². The van der Waals surface area contributed by atoms with Crippen molar-refractivity contribution in [1.29, 1.82) is 5.26 Å². The molecule has 0 aliphatic rings. The molecule has 0 fully saturated rings. The number of amides is 1. The van der Waals surface area contributed by atoms with Gasteiger partial charge in [-0.2, -0.15) is 5.26 Å². The van der Waals surface area contributed by atoms with E-state index >= 15 is 0 Å². The third-order valence-electron chi connectivity index (χ3n) is 3.40. The summed E-state index contributed by atoms with van der Waals surface area (Å²) in [6.45, 7) is 1.76. The third kappa shape index (κ3) is 4.07. The van der Waals surface area contributed by atoms with Gasteiger partial charge in [0.2, 0.25) is 0 Å². The molecule has 118 valence electrons. The van der Waals surface area contributed by atoms with Gasteiger partial charge in [0, 0.05) is 19.2 Å². The predicted molar refractivity (Wildman–Crippen MR) is 84.1 cm³/mol. The fourth-order valence-corrected chi connectivity index (χ4v) is 2.17. The smallest absolute Gasteiger partial charge is 0.263 e. The summed E-state index contributed by atoms with van der Waals surface area (Å²) in [4.78, 5) is 13.8. The van der Waals surface area contributed by atoms with Crippen molar-refractivity contribution in [2.75, 3.05) is 7.05 Å².